The number of halogens is 2. The van der Waals surface area contributed by atoms with E-state index in [0.29, 0.717) is 33.4 Å². The molecule has 6 nitrogen and oxygen atoms in total. The van der Waals surface area contributed by atoms with Crippen molar-refractivity contribution in [2.24, 2.45) is 0 Å². The van der Waals surface area contributed by atoms with E-state index in [4.69, 9.17) is 0 Å². The van der Waals surface area contributed by atoms with E-state index in [2.05, 4.69) is 46.7 Å². The minimum Gasteiger partial charge on any atom is -0.324 e. The highest BCUT2D eigenvalue weighted by atomic mass is 79.9. The van der Waals surface area contributed by atoms with Crippen LogP contribution >= 0.6 is 15.9 Å². The minimum absolute atomic E-state index is 0.303. The Kier molecular flexibility index (Phi) is 4.12. The van der Waals surface area contributed by atoms with E-state index in [9.17, 15) is 4.39 Å². The molecule has 8 heteroatoms. The lowest BCUT2D eigenvalue weighted by atomic mass is 10.2. The van der Waals surface area contributed by atoms with Crippen LogP contribution in [0, 0.1) is 12.7 Å². The number of nitrogens with zero attached hydrogens (tertiary/aromatic N) is 3. The summed E-state index contributed by atoms with van der Waals surface area (Å²) in [7, 11) is 0. The van der Waals surface area contributed by atoms with Gasteiger partial charge in [0.05, 0.1) is 15.9 Å². The van der Waals surface area contributed by atoms with Gasteiger partial charge in [-0.3, -0.25) is 5.10 Å². The Labute approximate surface area is 152 Å². The summed E-state index contributed by atoms with van der Waals surface area (Å²) >= 11 is 3.42. The number of hydrogen-bond donors (Lipinski definition) is 3. The van der Waals surface area contributed by atoms with E-state index in [1.54, 1.807) is 31.3 Å². The topological polar surface area (TPSA) is 78.5 Å². The Morgan fingerprint density at radius 3 is 2.92 bits per heavy atom. The van der Waals surface area contributed by atoms with Crippen LogP contribution in [0.5, 0.6) is 0 Å². The maximum absolute atomic E-state index is 14.1. The standard InChI is InChI=1S/C17H16BrFN6/c1-9-3-2-4-12(15(9)19)21-17-20-8-11(18)16(23-17)22-14-7-13(24-25-14)10-5-6-10/h2-4,7-8,10H,5-6H2,1H3,(H3,20,21,22,23,24,25). The van der Waals surface area contributed by atoms with Gasteiger partial charge in [-0.1, -0.05) is 12.1 Å². The van der Waals surface area contributed by atoms with Gasteiger partial charge in [0.25, 0.3) is 0 Å². The average Bonchev–Trinajstić information content (AvgIpc) is 3.35. The largest absolute Gasteiger partial charge is 0.324 e. The van der Waals surface area contributed by atoms with E-state index in [0.717, 1.165) is 11.5 Å². The molecule has 1 aliphatic carbocycles. The van der Waals surface area contributed by atoms with Crippen LogP contribution in [0.2, 0.25) is 0 Å². The van der Waals surface area contributed by atoms with Crippen molar-refractivity contribution < 1.29 is 4.39 Å². The molecule has 2 heterocycles. The molecule has 25 heavy (non-hydrogen) atoms. The molecule has 0 unspecified atom stereocenters. The Morgan fingerprint density at radius 2 is 2.12 bits per heavy atom. The number of aromatic amines is 1. The fourth-order valence-electron chi connectivity index (χ4n) is 2.50. The molecule has 4 rings (SSSR count). The van der Waals surface area contributed by atoms with Crippen molar-refractivity contribution >= 4 is 39.2 Å². The van der Waals surface area contributed by atoms with Gasteiger partial charge in [-0.15, -0.1) is 0 Å². The molecular weight excluding hydrogens is 387 g/mol. The third-order valence-corrected chi connectivity index (χ3v) is 4.61. The molecule has 3 N–H and O–H groups in total. The zero-order valence-electron chi connectivity index (χ0n) is 13.5. The average molecular weight is 403 g/mol. The van der Waals surface area contributed by atoms with Crippen LogP contribution in [0.25, 0.3) is 0 Å². The van der Waals surface area contributed by atoms with E-state index in [-0.39, 0.29) is 5.82 Å². The van der Waals surface area contributed by atoms with Crippen molar-refractivity contribution in [1.29, 1.82) is 0 Å². The van der Waals surface area contributed by atoms with Gasteiger partial charge >= 0.3 is 0 Å². The third-order valence-electron chi connectivity index (χ3n) is 4.03. The van der Waals surface area contributed by atoms with Gasteiger partial charge in [0.15, 0.2) is 5.82 Å². The highest BCUT2D eigenvalue weighted by Crippen LogP contribution is 2.39. The molecule has 0 atom stereocenters. The SMILES string of the molecule is Cc1cccc(Nc2ncc(Br)c(Nc3cc(C4CC4)n[nH]3)n2)c1F. The van der Waals surface area contributed by atoms with E-state index < -0.39 is 0 Å². The van der Waals surface area contributed by atoms with Crippen LogP contribution in [0.4, 0.5) is 27.7 Å². The molecule has 1 aromatic carbocycles. The molecule has 1 aliphatic rings. The lowest BCUT2D eigenvalue weighted by molar-refractivity contribution is 0.622. The van der Waals surface area contributed by atoms with E-state index in [1.807, 2.05) is 6.07 Å². The molecule has 0 radical (unpaired) electrons. The normalized spacial score (nSPS) is 13.7. The van der Waals surface area contributed by atoms with Gasteiger partial charge in [-0.2, -0.15) is 10.1 Å². The van der Waals surface area contributed by atoms with Crippen molar-refractivity contribution in [1.82, 2.24) is 20.2 Å². The summed E-state index contributed by atoms with van der Waals surface area (Å²) in [5.41, 5.74) is 1.96. The van der Waals surface area contributed by atoms with Gasteiger partial charge in [-0.25, -0.2) is 9.37 Å². The first-order chi connectivity index (χ1) is 12.1. The van der Waals surface area contributed by atoms with Crippen LogP contribution in [0.1, 0.15) is 30.0 Å². The number of anilines is 4. The van der Waals surface area contributed by atoms with Crippen molar-refractivity contribution in [3.05, 3.63) is 52.0 Å². The summed E-state index contributed by atoms with van der Waals surface area (Å²) in [5, 5.41) is 13.4. The molecule has 3 aromatic rings. The number of H-pyrrole nitrogens is 1. The van der Waals surface area contributed by atoms with Gasteiger partial charge in [0.1, 0.15) is 11.6 Å². The quantitative estimate of drug-likeness (QED) is 0.572. The number of hydrogen-bond acceptors (Lipinski definition) is 5. The summed E-state index contributed by atoms with van der Waals surface area (Å²) in [6.45, 7) is 1.71. The molecule has 0 spiro atoms. The summed E-state index contributed by atoms with van der Waals surface area (Å²) in [4.78, 5) is 8.60. The minimum atomic E-state index is -0.314. The first kappa shape index (κ1) is 16.0. The molecule has 128 valence electrons. The maximum atomic E-state index is 14.1. The molecule has 0 amide bonds. The van der Waals surface area contributed by atoms with Crippen molar-refractivity contribution in [2.75, 3.05) is 10.6 Å². The van der Waals surface area contributed by atoms with Crippen LogP contribution in [0.3, 0.4) is 0 Å². The van der Waals surface area contributed by atoms with Crippen LogP contribution < -0.4 is 10.6 Å². The lowest BCUT2D eigenvalue weighted by Gasteiger charge is -2.10. The van der Waals surface area contributed by atoms with Crippen molar-refractivity contribution in [3.8, 4) is 0 Å². The molecule has 2 aromatic heterocycles. The molecule has 1 fully saturated rings. The van der Waals surface area contributed by atoms with Crippen LogP contribution in [0.15, 0.2) is 34.9 Å². The maximum Gasteiger partial charge on any atom is 0.229 e. The predicted molar refractivity (Wildman–Crippen MR) is 98.0 cm³/mol. The van der Waals surface area contributed by atoms with E-state index >= 15 is 0 Å². The second kappa shape index (κ2) is 6.44. The number of nitrogens with one attached hydrogen (secondary N) is 3. The van der Waals surface area contributed by atoms with Gasteiger partial charge in [-0.05, 0) is 47.3 Å². The summed E-state index contributed by atoms with van der Waals surface area (Å²) < 4.78 is 14.8. The summed E-state index contributed by atoms with van der Waals surface area (Å²) in [6.07, 6.45) is 4.00. The highest BCUT2D eigenvalue weighted by Gasteiger charge is 2.26. The zero-order chi connectivity index (χ0) is 17.4. The molecule has 1 saturated carbocycles. The van der Waals surface area contributed by atoms with Gasteiger partial charge < -0.3 is 10.6 Å². The molecular formula is C17H16BrFN6. The molecule has 0 aliphatic heterocycles. The fraction of sp³-hybridized carbons (Fsp3) is 0.235. The van der Waals surface area contributed by atoms with Crippen molar-refractivity contribution in [2.45, 2.75) is 25.7 Å². The Morgan fingerprint density at radius 1 is 1.28 bits per heavy atom. The Balaban J connectivity index is 1.56. The van der Waals surface area contributed by atoms with E-state index in [1.165, 1.54) is 12.8 Å². The monoisotopic (exact) mass is 402 g/mol. The number of benzene rings is 1. The first-order valence-corrected chi connectivity index (χ1v) is 8.76. The summed E-state index contributed by atoms with van der Waals surface area (Å²) in [6, 6.07) is 7.13. The number of aryl methyl sites for hydroxylation is 1. The fourth-order valence-corrected chi connectivity index (χ4v) is 2.79. The zero-order valence-corrected chi connectivity index (χ0v) is 15.1. The number of aromatic nitrogens is 4. The lowest BCUT2D eigenvalue weighted by Crippen LogP contribution is -2.03. The summed E-state index contributed by atoms with van der Waals surface area (Å²) in [5.74, 6) is 1.89. The highest BCUT2D eigenvalue weighted by molar-refractivity contribution is 9.10. The Hall–Kier alpha value is -2.48. The number of rotatable bonds is 5. The second-order valence-corrected chi connectivity index (χ2v) is 6.91. The Bertz CT molecular complexity index is 921. The second-order valence-electron chi connectivity index (χ2n) is 6.06. The van der Waals surface area contributed by atoms with Gasteiger partial charge in [0, 0.05) is 18.2 Å². The first-order valence-electron chi connectivity index (χ1n) is 7.97. The smallest absolute Gasteiger partial charge is 0.229 e. The van der Waals surface area contributed by atoms with Crippen LogP contribution in [-0.4, -0.2) is 20.2 Å². The van der Waals surface area contributed by atoms with Crippen LogP contribution in [-0.2, 0) is 0 Å². The molecule has 0 bridgehead atoms. The van der Waals surface area contributed by atoms with Gasteiger partial charge in [0.2, 0.25) is 5.95 Å². The van der Waals surface area contributed by atoms with Crippen molar-refractivity contribution in [3.63, 3.8) is 0 Å². The molecule has 0 saturated heterocycles. The predicted octanol–water partition coefficient (Wildman–Crippen LogP) is 4.77. The third kappa shape index (κ3) is 3.48.